The van der Waals surface area contributed by atoms with Crippen LogP contribution >= 0.6 is 0 Å². The normalized spacial score (nSPS) is 11.1. The third-order valence-corrected chi connectivity index (χ3v) is 6.70. The van der Waals surface area contributed by atoms with E-state index in [9.17, 15) is 19.2 Å². The number of carbonyl (C=O) groups excluding carboxylic acids is 1. The summed E-state index contributed by atoms with van der Waals surface area (Å²) < 4.78 is 5.49. The van der Waals surface area contributed by atoms with E-state index >= 15 is 0 Å². The molecule has 5 N–H and O–H groups in total. The van der Waals surface area contributed by atoms with Crippen LogP contribution in [-0.2, 0) is 32.1 Å². The number of carboxylic acids is 3. The van der Waals surface area contributed by atoms with Crippen LogP contribution in [0.4, 0.5) is 0 Å². The van der Waals surface area contributed by atoms with Crippen LogP contribution in [0.1, 0.15) is 35.2 Å². The van der Waals surface area contributed by atoms with Crippen molar-refractivity contribution in [3.63, 3.8) is 0 Å². The van der Waals surface area contributed by atoms with Crippen molar-refractivity contribution in [3.8, 4) is 5.75 Å². The largest absolute Gasteiger partial charge is 0.496 e. The fourth-order valence-electron chi connectivity index (χ4n) is 4.41. The maximum atomic E-state index is 13.4. The van der Waals surface area contributed by atoms with Gasteiger partial charge in [0, 0.05) is 41.8 Å². The molecule has 0 aliphatic heterocycles. The maximum Gasteiger partial charge on any atom is 0.336 e. The number of carbonyl (C=O) groups is 4. The molecule has 0 atom stereocenters. The van der Waals surface area contributed by atoms with E-state index in [0.717, 1.165) is 40.0 Å². The average Bonchev–Trinajstić information content (AvgIpc) is 3.22. The monoisotopic (exact) mass is 585 g/mol. The van der Waals surface area contributed by atoms with E-state index in [1.54, 1.807) is 7.11 Å². The number of aliphatic hydroxyl groups is 1. The number of hydrogen-bond acceptors (Lipinski definition) is 7. The molecule has 0 radical (unpaired) electrons. The lowest BCUT2D eigenvalue weighted by Gasteiger charge is -2.25. The van der Waals surface area contributed by atoms with Crippen LogP contribution in [0.5, 0.6) is 5.75 Å². The van der Waals surface area contributed by atoms with Crippen LogP contribution in [0.3, 0.4) is 0 Å². The molecule has 228 valence electrons. The Labute approximate surface area is 244 Å². The zero-order valence-corrected chi connectivity index (χ0v) is 24.5. The zero-order valence-electron chi connectivity index (χ0n) is 24.5. The van der Waals surface area contributed by atoms with Crippen LogP contribution in [0.25, 0.3) is 10.9 Å². The van der Waals surface area contributed by atoms with Crippen molar-refractivity contribution < 1.29 is 44.3 Å². The first-order chi connectivity index (χ1) is 19.7. The molecule has 2 aromatic carbocycles. The molecule has 0 saturated heterocycles. The summed E-state index contributed by atoms with van der Waals surface area (Å²) in [6, 6.07) is 14.1. The smallest absolute Gasteiger partial charge is 0.336 e. The Hall–Kier alpha value is -4.42. The SMILES string of the molecule is COc1ccccc1CN(CCN(C)C)C(=O)Cc1c(C)[nH]c2c(C)cccc12.O=C(O)CC(O)(CC(=O)O)C(=O)O. The first-order valence-corrected chi connectivity index (χ1v) is 13.2. The fraction of sp³-hybridized carbons (Fsp3) is 0.400. The van der Waals surface area contributed by atoms with Gasteiger partial charge in [-0.15, -0.1) is 0 Å². The van der Waals surface area contributed by atoms with Gasteiger partial charge in [0.15, 0.2) is 5.60 Å². The van der Waals surface area contributed by atoms with Crippen molar-refractivity contribution in [2.75, 3.05) is 34.3 Å². The Bertz CT molecular complexity index is 1400. The van der Waals surface area contributed by atoms with Gasteiger partial charge in [-0.25, -0.2) is 4.79 Å². The molecular formula is C30H39N3O9. The first kappa shape index (κ1) is 33.8. The summed E-state index contributed by atoms with van der Waals surface area (Å²) in [7, 11) is 5.72. The van der Waals surface area contributed by atoms with Crippen molar-refractivity contribution >= 4 is 34.7 Å². The minimum atomic E-state index is -2.74. The molecule has 3 aromatic rings. The number of amides is 1. The van der Waals surface area contributed by atoms with Gasteiger partial charge in [-0.2, -0.15) is 0 Å². The van der Waals surface area contributed by atoms with Crippen LogP contribution in [0.2, 0.25) is 0 Å². The van der Waals surface area contributed by atoms with Gasteiger partial charge in [0.2, 0.25) is 5.91 Å². The number of methoxy groups -OCH3 is 1. The molecular weight excluding hydrogens is 546 g/mol. The molecule has 12 heteroatoms. The number of ether oxygens (including phenoxy) is 1. The molecule has 1 heterocycles. The minimum Gasteiger partial charge on any atom is -0.496 e. The highest BCUT2D eigenvalue weighted by molar-refractivity contribution is 5.92. The molecule has 1 amide bonds. The van der Waals surface area contributed by atoms with Crippen molar-refractivity contribution in [1.82, 2.24) is 14.8 Å². The topological polar surface area (TPSA) is 181 Å². The summed E-state index contributed by atoms with van der Waals surface area (Å²) in [6.07, 6.45) is -1.90. The number of likely N-dealkylation sites (N-methyl/N-ethyl adjacent to an activating group) is 1. The highest BCUT2D eigenvalue weighted by atomic mass is 16.5. The number of aliphatic carboxylic acids is 3. The fourth-order valence-corrected chi connectivity index (χ4v) is 4.41. The lowest BCUT2D eigenvalue weighted by Crippen LogP contribution is -2.42. The lowest BCUT2D eigenvalue weighted by atomic mass is 9.96. The van der Waals surface area contributed by atoms with Crippen molar-refractivity contribution in [3.05, 3.63) is 64.8 Å². The Morgan fingerprint density at radius 2 is 1.52 bits per heavy atom. The maximum absolute atomic E-state index is 13.4. The number of carboxylic acid groups (broad SMARTS) is 3. The van der Waals surface area contributed by atoms with Gasteiger partial charge in [-0.3, -0.25) is 14.4 Å². The van der Waals surface area contributed by atoms with Gasteiger partial charge >= 0.3 is 17.9 Å². The Balaban J connectivity index is 0.000000401. The molecule has 3 rings (SSSR count). The summed E-state index contributed by atoms with van der Waals surface area (Å²) in [5, 5.41) is 35.0. The third-order valence-electron chi connectivity index (χ3n) is 6.70. The molecule has 0 fully saturated rings. The summed E-state index contributed by atoms with van der Waals surface area (Å²) in [4.78, 5) is 51.3. The predicted octanol–water partition coefficient (Wildman–Crippen LogP) is 2.68. The van der Waals surface area contributed by atoms with Crippen LogP contribution < -0.4 is 4.74 Å². The highest BCUT2D eigenvalue weighted by Crippen LogP contribution is 2.26. The molecule has 1 aromatic heterocycles. The Morgan fingerprint density at radius 3 is 2.07 bits per heavy atom. The van der Waals surface area contributed by atoms with E-state index < -0.39 is 36.4 Å². The number of fused-ring (bicyclic) bond motifs is 1. The number of rotatable bonds is 13. The van der Waals surface area contributed by atoms with Gasteiger partial charge < -0.3 is 39.9 Å². The van der Waals surface area contributed by atoms with Crippen LogP contribution in [0.15, 0.2) is 42.5 Å². The number of aromatic nitrogens is 1. The molecule has 0 aliphatic carbocycles. The molecule has 0 saturated carbocycles. The van der Waals surface area contributed by atoms with E-state index in [1.165, 1.54) is 5.56 Å². The molecule has 0 unspecified atom stereocenters. The summed E-state index contributed by atoms with van der Waals surface area (Å²) in [5.74, 6) is -4.08. The predicted molar refractivity (Wildman–Crippen MR) is 156 cm³/mol. The van der Waals surface area contributed by atoms with Gasteiger partial charge in [-0.1, -0.05) is 36.4 Å². The summed E-state index contributed by atoms with van der Waals surface area (Å²) in [6.45, 7) is 6.16. The average molecular weight is 586 g/mol. The second-order valence-electron chi connectivity index (χ2n) is 10.3. The van der Waals surface area contributed by atoms with Crippen molar-refractivity contribution in [1.29, 1.82) is 0 Å². The molecule has 0 aliphatic rings. The number of nitrogens with one attached hydrogen (secondary N) is 1. The molecule has 0 bridgehead atoms. The number of benzene rings is 2. The van der Waals surface area contributed by atoms with Gasteiger partial charge in [0.25, 0.3) is 0 Å². The number of H-pyrrole nitrogens is 1. The van der Waals surface area contributed by atoms with Crippen LogP contribution in [0, 0.1) is 13.8 Å². The van der Waals surface area contributed by atoms with E-state index in [1.807, 2.05) is 50.2 Å². The number of aryl methyl sites for hydroxylation is 2. The van der Waals surface area contributed by atoms with Crippen molar-refractivity contribution in [2.24, 2.45) is 0 Å². The second kappa shape index (κ2) is 15.0. The van der Waals surface area contributed by atoms with Gasteiger partial charge in [0.1, 0.15) is 5.75 Å². The van der Waals surface area contributed by atoms with E-state index in [4.69, 9.17) is 25.2 Å². The third kappa shape index (κ3) is 9.32. The van der Waals surface area contributed by atoms with E-state index in [-0.39, 0.29) is 5.91 Å². The number of hydrogen-bond donors (Lipinski definition) is 5. The van der Waals surface area contributed by atoms with Gasteiger partial charge in [0.05, 0.1) is 26.4 Å². The quantitative estimate of drug-likeness (QED) is 0.200. The molecule has 42 heavy (non-hydrogen) atoms. The summed E-state index contributed by atoms with van der Waals surface area (Å²) >= 11 is 0. The number of nitrogens with zero attached hydrogens (tertiary/aromatic N) is 2. The van der Waals surface area contributed by atoms with E-state index in [2.05, 4.69) is 35.0 Å². The zero-order chi connectivity index (χ0) is 31.6. The Morgan fingerprint density at radius 1 is 0.905 bits per heavy atom. The first-order valence-electron chi connectivity index (χ1n) is 13.2. The minimum absolute atomic E-state index is 0.128. The standard InChI is InChI=1S/C24H31N3O2.C6H8O7/c1-17-9-8-11-20-21(18(2)25-24(17)20)15-23(28)27(14-13-26(3)4)16-19-10-6-7-12-22(19)29-5;7-3(8)1-6(13,5(11)12)2-4(9)10/h6-12,25H,13-16H2,1-5H3;13H,1-2H2,(H,7,8)(H,9,10)(H,11,12). The lowest BCUT2D eigenvalue weighted by molar-refractivity contribution is -0.170. The number of aromatic amines is 1. The Kier molecular flexibility index (Phi) is 12.1. The second-order valence-corrected chi connectivity index (χ2v) is 10.3. The molecule has 12 nitrogen and oxygen atoms in total. The summed E-state index contributed by atoms with van der Waals surface area (Å²) in [5.41, 5.74) is 2.75. The molecule has 0 spiro atoms. The van der Waals surface area contributed by atoms with Crippen molar-refractivity contribution in [2.45, 2.75) is 45.3 Å². The number of para-hydroxylation sites is 2. The van der Waals surface area contributed by atoms with E-state index in [0.29, 0.717) is 19.5 Å². The van der Waals surface area contributed by atoms with Gasteiger partial charge in [-0.05, 0) is 45.1 Å². The van der Waals surface area contributed by atoms with Crippen LogP contribution in [-0.4, -0.2) is 98.9 Å². The highest BCUT2D eigenvalue weighted by Gasteiger charge is 2.40.